The largest absolute Gasteiger partial charge is 0.382 e. The Labute approximate surface area is 81.6 Å². The van der Waals surface area contributed by atoms with Crippen LogP contribution >= 0.6 is 15.9 Å². The molecular weight excluding hydrogens is 240 g/mol. The van der Waals surface area contributed by atoms with Crippen LogP contribution in [0.25, 0.3) is 0 Å². The summed E-state index contributed by atoms with van der Waals surface area (Å²) in [7, 11) is 0. The predicted octanol–water partition coefficient (Wildman–Crippen LogP) is 1.04. The van der Waals surface area contributed by atoms with Crippen molar-refractivity contribution in [2.24, 2.45) is 5.73 Å². The van der Waals surface area contributed by atoms with E-state index in [-0.39, 0.29) is 11.4 Å². The fraction of sp³-hybridized carbons (Fsp3) is 0. The highest BCUT2D eigenvalue weighted by molar-refractivity contribution is 9.10. The molecule has 0 unspecified atom stereocenters. The van der Waals surface area contributed by atoms with Crippen molar-refractivity contribution in [3.8, 4) is 0 Å². The van der Waals surface area contributed by atoms with Crippen molar-refractivity contribution in [1.29, 1.82) is 5.41 Å². The highest BCUT2D eigenvalue weighted by Crippen LogP contribution is 2.20. The average molecular weight is 245 g/mol. The quantitative estimate of drug-likeness (QED) is 0.351. The molecule has 13 heavy (non-hydrogen) atoms. The Bertz CT molecular complexity index is 379. The highest BCUT2D eigenvalue weighted by Gasteiger charge is 2.17. The molecule has 0 amide bonds. The van der Waals surface area contributed by atoms with Gasteiger partial charge in [0.15, 0.2) is 5.69 Å². The lowest BCUT2D eigenvalue weighted by molar-refractivity contribution is -0.385. The van der Waals surface area contributed by atoms with E-state index in [9.17, 15) is 10.1 Å². The minimum Gasteiger partial charge on any atom is -0.382 e. The van der Waals surface area contributed by atoms with Crippen molar-refractivity contribution in [3.63, 3.8) is 0 Å². The van der Waals surface area contributed by atoms with Crippen molar-refractivity contribution in [2.75, 3.05) is 0 Å². The molecule has 1 aromatic rings. The van der Waals surface area contributed by atoms with E-state index in [0.29, 0.717) is 4.47 Å². The van der Waals surface area contributed by atoms with Crippen molar-refractivity contribution >= 4 is 27.5 Å². The number of hydrogen-bond acceptors (Lipinski definition) is 4. The van der Waals surface area contributed by atoms with Crippen molar-refractivity contribution in [1.82, 2.24) is 4.98 Å². The summed E-state index contributed by atoms with van der Waals surface area (Å²) in [5.41, 5.74) is 4.71. The highest BCUT2D eigenvalue weighted by atomic mass is 79.9. The topological polar surface area (TPSA) is 106 Å². The van der Waals surface area contributed by atoms with E-state index >= 15 is 0 Å². The first-order chi connectivity index (χ1) is 6.02. The van der Waals surface area contributed by atoms with Gasteiger partial charge in [-0.25, -0.2) is 4.98 Å². The van der Waals surface area contributed by atoms with Crippen LogP contribution in [0.15, 0.2) is 16.7 Å². The standard InChI is InChI=1S/C6H5BrN4O2/c7-3-1-4(11(12)13)5(6(8)9)10-2-3/h1-2H,(H3,8,9). The maximum Gasteiger partial charge on any atom is 0.299 e. The van der Waals surface area contributed by atoms with Crippen molar-refractivity contribution < 1.29 is 4.92 Å². The van der Waals surface area contributed by atoms with Crippen LogP contribution in [0, 0.1) is 15.5 Å². The monoisotopic (exact) mass is 244 g/mol. The molecular formula is C6H5BrN4O2. The van der Waals surface area contributed by atoms with Gasteiger partial charge in [-0.3, -0.25) is 15.5 Å². The lowest BCUT2D eigenvalue weighted by Crippen LogP contribution is -2.15. The third kappa shape index (κ3) is 2.00. The number of pyridine rings is 1. The van der Waals surface area contributed by atoms with Gasteiger partial charge in [0, 0.05) is 16.7 Å². The molecule has 1 rings (SSSR count). The number of amidine groups is 1. The fourth-order valence-electron chi connectivity index (χ4n) is 0.775. The van der Waals surface area contributed by atoms with Gasteiger partial charge >= 0.3 is 0 Å². The van der Waals surface area contributed by atoms with Crippen molar-refractivity contribution in [2.45, 2.75) is 0 Å². The number of halogens is 1. The lowest BCUT2D eigenvalue weighted by atomic mass is 10.3. The van der Waals surface area contributed by atoms with Gasteiger partial charge in [-0.2, -0.15) is 0 Å². The summed E-state index contributed by atoms with van der Waals surface area (Å²) < 4.78 is 0.476. The van der Waals surface area contributed by atoms with E-state index in [1.807, 2.05) is 0 Å². The summed E-state index contributed by atoms with van der Waals surface area (Å²) >= 11 is 3.04. The number of aromatic nitrogens is 1. The van der Waals surface area contributed by atoms with Gasteiger partial charge in [0.2, 0.25) is 0 Å². The number of nitrogen functional groups attached to an aromatic ring is 1. The molecule has 7 heteroatoms. The molecule has 0 spiro atoms. The van der Waals surface area contributed by atoms with Crippen LogP contribution in [-0.2, 0) is 0 Å². The molecule has 1 heterocycles. The van der Waals surface area contributed by atoms with Gasteiger partial charge in [-0.1, -0.05) is 0 Å². The summed E-state index contributed by atoms with van der Waals surface area (Å²) in [4.78, 5) is 13.5. The molecule has 0 saturated heterocycles. The molecule has 0 aromatic carbocycles. The zero-order chi connectivity index (χ0) is 10.0. The van der Waals surface area contributed by atoms with Crippen LogP contribution in [0.4, 0.5) is 5.69 Å². The molecule has 0 aliphatic rings. The Morgan fingerprint density at radius 2 is 2.38 bits per heavy atom. The molecule has 0 saturated carbocycles. The summed E-state index contributed by atoms with van der Waals surface area (Å²) in [6.45, 7) is 0. The average Bonchev–Trinajstić information content (AvgIpc) is 2.03. The Morgan fingerprint density at radius 1 is 1.77 bits per heavy atom. The second kappa shape index (κ2) is 3.48. The number of nitrogens with two attached hydrogens (primary N) is 1. The third-order valence-corrected chi connectivity index (χ3v) is 1.72. The smallest absolute Gasteiger partial charge is 0.299 e. The first-order valence-electron chi connectivity index (χ1n) is 3.16. The van der Waals surface area contributed by atoms with Crippen LogP contribution in [0.2, 0.25) is 0 Å². The van der Waals surface area contributed by atoms with Crippen LogP contribution in [0.3, 0.4) is 0 Å². The molecule has 3 N–H and O–H groups in total. The zero-order valence-corrected chi connectivity index (χ0v) is 7.91. The second-order valence-corrected chi connectivity index (χ2v) is 3.11. The van der Waals surface area contributed by atoms with E-state index in [2.05, 4.69) is 20.9 Å². The minimum atomic E-state index is -0.630. The van der Waals surface area contributed by atoms with E-state index in [0.717, 1.165) is 0 Å². The molecule has 0 bridgehead atoms. The predicted molar refractivity (Wildman–Crippen MR) is 49.6 cm³/mol. The van der Waals surface area contributed by atoms with Gasteiger partial charge in [0.05, 0.1) is 4.92 Å². The van der Waals surface area contributed by atoms with E-state index in [1.54, 1.807) is 0 Å². The molecule has 0 aliphatic carbocycles. The second-order valence-electron chi connectivity index (χ2n) is 2.19. The minimum absolute atomic E-state index is 0.117. The number of nitrogens with zero attached hydrogens (tertiary/aromatic N) is 2. The summed E-state index contributed by atoms with van der Waals surface area (Å²) in [5, 5.41) is 17.5. The molecule has 6 nitrogen and oxygen atoms in total. The maximum atomic E-state index is 10.5. The Kier molecular flexibility index (Phi) is 2.57. The van der Waals surface area contributed by atoms with E-state index in [1.165, 1.54) is 12.3 Å². The fourth-order valence-corrected chi connectivity index (χ4v) is 1.09. The van der Waals surface area contributed by atoms with Crippen LogP contribution in [0.1, 0.15) is 5.69 Å². The zero-order valence-electron chi connectivity index (χ0n) is 6.32. The van der Waals surface area contributed by atoms with Gasteiger partial charge in [0.1, 0.15) is 5.84 Å². The van der Waals surface area contributed by atoms with Gasteiger partial charge in [-0.05, 0) is 15.9 Å². The normalized spacial score (nSPS) is 9.62. The molecule has 0 fully saturated rings. The van der Waals surface area contributed by atoms with Gasteiger partial charge in [0.25, 0.3) is 5.69 Å². The Morgan fingerprint density at radius 3 is 2.85 bits per heavy atom. The number of nitro groups is 1. The number of nitrogens with one attached hydrogen (secondary N) is 1. The van der Waals surface area contributed by atoms with Crippen LogP contribution < -0.4 is 5.73 Å². The number of rotatable bonds is 2. The van der Waals surface area contributed by atoms with E-state index in [4.69, 9.17) is 11.1 Å². The van der Waals surface area contributed by atoms with Crippen molar-refractivity contribution in [3.05, 3.63) is 32.5 Å². The SMILES string of the molecule is N=C(N)c1ncc(Br)cc1[N+](=O)[O-]. The summed E-state index contributed by atoms with van der Waals surface area (Å²) in [6.07, 6.45) is 1.35. The molecule has 1 aromatic heterocycles. The van der Waals surface area contributed by atoms with Gasteiger partial charge in [-0.15, -0.1) is 0 Å². The number of hydrogen-bond donors (Lipinski definition) is 2. The summed E-state index contributed by atoms with van der Waals surface area (Å²) in [6, 6.07) is 1.25. The Balaban J connectivity index is 3.35. The Hall–Kier alpha value is -1.50. The van der Waals surface area contributed by atoms with E-state index < -0.39 is 10.8 Å². The molecule has 0 atom stereocenters. The summed E-state index contributed by atoms with van der Waals surface area (Å²) in [5.74, 6) is -0.417. The lowest BCUT2D eigenvalue weighted by Gasteiger charge is -1.98. The first-order valence-corrected chi connectivity index (χ1v) is 3.96. The molecule has 68 valence electrons. The van der Waals surface area contributed by atoms with Crippen LogP contribution in [0.5, 0.6) is 0 Å². The molecule has 0 radical (unpaired) electrons. The van der Waals surface area contributed by atoms with Gasteiger partial charge < -0.3 is 5.73 Å². The van der Waals surface area contributed by atoms with Crippen LogP contribution in [-0.4, -0.2) is 15.7 Å². The maximum absolute atomic E-state index is 10.5. The molecule has 0 aliphatic heterocycles. The first kappa shape index (κ1) is 9.59. The third-order valence-electron chi connectivity index (χ3n) is 1.29.